The van der Waals surface area contributed by atoms with E-state index in [1.807, 2.05) is 39.0 Å². The predicted molar refractivity (Wildman–Crippen MR) is 160 cm³/mol. The molecule has 0 aliphatic carbocycles. The summed E-state index contributed by atoms with van der Waals surface area (Å²) in [6.45, 7) is 15.5. The maximum absolute atomic E-state index is 13.5. The van der Waals surface area contributed by atoms with Crippen LogP contribution >= 0.6 is 0 Å². The molecule has 8 heteroatoms. The van der Waals surface area contributed by atoms with Crippen LogP contribution in [0.4, 0.5) is 4.39 Å². The van der Waals surface area contributed by atoms with Crippen LogP contribution in [-0.4, -0.2) is 70.2 Å². The minimum Gasteiger partial charge on any atom is -0.479 e. The summed E-state index contributed by atoms with van der Waals surface area (Å²) in [5, 5.41) is 10.6. The van der Waals surface area contributed by atoms with E-state index in [9.17, 15) is 14.3 Å². The molecule has 7 nitrogen and oxygen atoms in total. The molecule has 4 rings (SSSR count). The van der Waals surface area contributed by atoms with Gasteiger partial charge in [-0.3, -0.25) is 14.9 Å². The maximum Gasteiger partial charge on any atom is 0.336 e. The molecule has 0 saturated carbocycles. The minimum absolute atomic E-state index is 0.191. The van der Waals surface area contributed by atoms with Crippen molar-refractivity contribution in [1.82, 2.24) is 9.88 Å². The van der Waals surface area contributed by atoms with E-state index in [-0.39, 0.29) is 17.8 Å². The highest BCUT2D eigenvalue weighted by molar-refractivity contribution is 5.90. The molecule has 2 aliphatic rings. The predicted octanol–water partition coefficient (Wildman–Crippen LogP) is 6.05. The fraction of sp³-hybridized carbons (Fsp3) is 0.485. The first-order valence-corrected chi connectivity index (χ1v) is 14.2. The zero-order valence-corrected chi connectivity index (χ0v) is 24.8. The first kappa shape index (κ1) is 30.8. The van der Waals surface area contributed by atoms with Gasteiger partial charge in [-0.15, -0.1) is 0 Å². The van der Waals surface area contributed by atoms with Gasteiger partial charge in [0.25, 0.3) is 0 Å². The van der Waals surface area contributed by atoms with E-state index in [0.717, 1.165) is 42.8 Å². The first-order valence-electron chi connectivity index (χ1n) is 14.2. The number of aliphatic imine (C=N–C) groups is 1. The van der Waals surface area contributed by atoms with Crippen molar-refractivity contribution in [2.75, 3.05) is 19.7 Å². The van der Waals surface area contributed by atoms with E-state index in [1.165, 1.54) is 12.1 Å². The summed E-state index contributed by atoms with van der Waals surface area (Å²) >= 11 is 0. The van der Waals surface area contributed by atoms with Gasteiger partial charge in [0.2, 0.25) is 0 Å². The van der Waals surface area contributed by atoms with Crippen LogP contribution in [0.15, 0.2) is 60.2 Å². The lowest BCUT2D eigenvalue weighted by molar-refractivity contribution is -0.195. The molecule has 0 bridgehead atoms. The lowest BCUT2D eigenvalue weighted by Gasteiger charge is -2.50. The Balaban J connectivity index is 1.77. The van der Waals surface area contributed by atoms with Crippen LogP contribution in [0.2, 0.25) is 0 Å². The molecule has 3 atom stereocenters. The summed E-state index contributed by atoms with van der Waals surface area (Å²) in [4.78, 5) is 24.5. The fourth-order valence-corrected chi connectivity index (χ4v) is 5.32. The Bertz CT molecular complexity index is 1270. The third-order valence-corrected chi connectivity index (χ3v) is 7.78. The van der Waals surface area contributed by atoms with Crippen molar-refractivity contribution in [3.8, 4) is 0 Å². The van der Waals surface area contributed by atoms with Crippen molar-refractivity contribution in [3.63, 3.8) is 0 Å². The maximum atomic E-state index is 13.5. The van der Waals surface area contributed by atoms with Crippen molar-refractivity contribution >= 4 is 24.0 Å². The quantitative estimate of drug-likeness (QED) is 0.379. The number of halogens is 1. The number of benzene rings is 1. The van der Waals surface area contributed by atoms with E-state index in [0.29, 0.717) is 12.1 Å². The summed E-state index contributed by atoms with van der Waals surface area (Å²) in [5.41, 5.74) is 1.17. The average Bonchev–Trinajstić information content (AvgIpc) is 2.92. The summed E-state index contributed by atoms with van der Waals surface area (Å²) in [6.07, 6.45) is 8.12. The summed E-state index contributed by atoms with van der Waals surface area (Å²) in [7, 11) is 0. The van der Waals surface area contributed by atoms with Gasteiger partial charge in [0.05, 0.1) is 29.6 Å². The molecule has 3 unspecified atom stereocenters. The van der Waals surface area contributed by atoms with E-state index in [1.54, 1.807) is 30.6 Å². The molecular formula is C33H42FN3O4. The van der Waals surface area contributed by atoms with Gasteiger partial charge in [-0.25, -0.2) is 9.18 Å². The number of carboxylic acid groups (broad SMARTS) is 1. The van der Waals surface area contributed by atoms with Crippen molar-refractivity contribution in [2.24, 2.45) is 10.4 Å². The van der Waals surface area contributed by atoms with Crippen LogP contribution in [0, 0.1) is 11.2 Å². The number of aliphatic carboxylic acids is 1. The molecule has 2 aliphatic heterocycles. The van der Waals surface area contributed by atoms with Crippen molar-refractivity contribution in [3.05, 3.63) is 77.9 Å². The molecule has 0 spiro atoms. The van der Waals surface area contributed by atoms with Crippen LogP contribution in [0.5, 0.6) is 0 Å². The molecule has 220 valence electrons. The fourth-order valence-electron chi connectivity index (χ4n) is 5.32. The monoisotopic (exact) mass is 563 g/mol. The Labute approximate surface area is 242 Å². The highest BCUT2D eigenvalue weighted by Gasteiger charge is 2.54. The van der Waals surface area contributed by atoms with Gasteiger partial charge >= 0.3 is 5.97 Å². The Hall–Kier alpha value is -3.20. The second-order valence-corrected chi connectivity index (χ2v) is 12.7. The Morgan fingerprint density at radius 1 is 1.20 bits per heavy atom. The Morgan fingerprint density at radius 3 is 2.44 bits per heavy atom. The number of piperidine rings is 1. The number of carbonyl (C=O) groups is 1. The molecule has 1 N–H and O–H groups in total. The van der Waals surface area contributed by atoms with Crippen molar-refractivity contribution in [1.29, 1.82) is 0 Å². The molecule has 41 heavy (non-hydrogen) atoms. The topological polar surface area (TPSA) is 84.2 Å². The number of likely N-dealkylation sites (tertiary alicyclic amines) is 1. The van der Waals surface area contributed by atoms with E-state index in [2.05, 4.69) is 30.3 Å². The molecule has 3 heterocycles. The summed E-state index contributed by atoms with van der Waals surface area (Å²) < 4.78 is 26.4. The number of carboxylic acids is 1. The second-order valence-electron chi connectivity index (χ2n) is 12.7. The standard InChI is InChI=1S/C33H42FN3O4/c1-7-26-13-10-24(21-35-26)27-20-28(37-17-15-32(5,6)16-18-37)33(22-36-27,29(30(38)39)41-31(2,3)4)40-19-14-23-8-11-25(34)12-9-23/h7-13,20-22,28-29H,1,14-19H2,2-6H3,(H,38,39). The van der Waals surface area contributed by atoms with Gasteiger partial charge < -0.3 is 14.6 Å². The summed E-state index contributed by atoms with van der Waals surface area (Å²) in [6, 6.07) is 9.59. The number of hydrogen-bond acceptors (Lipinski definition) is 6. The van der Waals surface area contributed by atoms with Gasteiger partial charge in [0, 0.05) is 18.0 Å². The van der Waals surface area contributed by atoms with Crippen LogP contribution in [0.1, 0.15) is 64.3 Å². The van der Waals surface area contributed by atoms with E-state index in [4.69, 9.17) is 14.5 Å². The number of hydrogen-bond donors (Lipinski definition) is 1. The number of ether oxygens (including phenoxy) is 2. The van der Waals surface area contributed by atoms with Gasteiger partial charge in [-0.1, -0.05) is 32.6 Å². The summed E-state index contributed by atoms with van der Waals surface area (Å²) in [5.74, 6) is -1.43. The normalized spacial score (nSPS) is 23.6. The number of aromatic nitrogens is 1. The lowest BCUT2D eigenvalue weighted by atomic mass is 9.79. The minimum atomic E-state index is -1.42. The molecule has 1 fully saturated rings. The van der Waals surface area contributed by atoms with Gasteiger partial charge in [0.15, 0.2) is 11.7 Å². The third kappa shape index (κ3) is 7.56. The first-order chi connectivity index (χ1) is 19.3. The molecule has 2 aromatic rings. The van der Waals surface area contributed by atoms with E-state index >= 15 is 0 Å². The SMILES string of the molecule is C=Cc1ccc(C2=CC(N3CCC(C)(C)CC3)C(OCCc3ccc(F)cc3)(C(OC(C)(C)C)C(=O)O)C=N2)cn1. The number of pyridine rings is 1. The van der Waals surface area contributed by atoms with E-state index < -0.39 is 29.3 Å². The number of rotatable bonds is 10. The van der Waals surface area contributed by atoms with Crippen molar-refractivity contribution in [2.45, 2.75) is 77.2 Å². The van der Waals surface area contributed by atoms with Crippen LogP contribution in [-0.2, 0) is 20.7 Å². The van der Waals surface area contributed by atoms with Crippen LogP contribution in [0.25, 0.3) is 11.8 Å². The molecule has 1 aromatic heterocycles. The molecule has 1 aromatic carbocycles. The highest BCUT2D eigenvalue weighted by atomic mass is 19.1. The van der Waals surface area contributed by atoms with Crippen LogP contribution < -0.4 is 0 Å². The Morgan fingerprint density at radius 2 is 1.88 bits per heavy atom. The van der Waals surface area contributed by atoms with Gasteiger partial charge in [0.1, 0.15) is 5.82 Å². The lowest BCUT2D eigenvalue weighted by Crippen LogP contribution is -2.66. The zero-order chi connectivity index (χ0) is 29.8. The molecule has 1 saturated heterocycles. The average molecular weight is 564 g/mol. The molecule has 0 amide bonds. The smallest absolute Gasteiger partial charge is 0.336 e. The third-order valence-electron chi connectivity index (χ3n) is 7.78. The van der Waals surface area contributed by atoms with Crippen LogP contribution in [0.3, 0.4) is 0 Å². The largest absolute Gasteiger partial charge is 0.479 e. The molecular weight excluding hydrogens is 521 g/mol. The van der Waals surface area contributed by atoms with Gasteiger partial charge in [-0.05, 0) is 101 Å². The highest BCUT2D eigenvalue weighted by Crippen LogP contribution is 2.39. The van der Waals surface area contributed by atoms with Gasteiger partial charge in [-0.2, -0.15) is 0 Å². The molecule has 0 radical (unpaired) electrons. The second kappa shape index (κ2) is 12.3. The number of nitrogens with zero attached hydrogens (tertiary/aromatic N) is 3. The Kier molecular flexibility index (Phi) is 9.26. The van der Waals surface area contributed by atoms with Crippen molar-refractivity contribution < 1.29 is 23.8 Å². The zero-order valence-electron chi connectivity index (χ0n) is 24.8.